The second kappa shape index (κ2) is 4.25. The van der Waals surface area contributed by atoms with Crippen molar-refractivity contribution in [1.29, 1.82) is 0 Å². The van der Waals surface area contributed by atoms with Crippen molar-refractivity contribution >= 4 is 5.91 Å². The largest absolute Gasteiger partial charge is 0.376 e. The maximum atomic E-state index is 9.96. The van der Waals surface area contributed by atoms with Crippen molar-refractivity contribution in [3.05, 3.63) is 0 Å². The summed E-state index contributed by atoms with van der Waals surface area (Å²) in [5.74, 6) is -0.573. The summed E-state index contributed by atoms with van der Waals surface area (Å²) in [6.45, 7) is -0.267. The Kier molecular flexibility index (Phi) is 3.94. The van der Waals surface area contributed by atoms with Gasteiger partial charge < -0.3 is 21.3 Å². The summed E-state index contributed by atoms with van der Waals surface area (Å²) >= 11 is 0. The number of amides is 1. The fourth-order valence-electron chi connectivity index (χ4n) is 0.280. The van der Waals surface area contributed by atoms with E-state index >= 15 is 0 Å². The lowest BCUT2D eigenvalue weighted by atomic mass is 10.6. The van der Waals surface area contributed by atoms with Crippen LogP contribution in [-0.4, -0.2) is 30.5 Å². The van der Waals surface area contributed by atoms with Gasteiger partial charge in [0.25, 0.3) is 0 Å². The molecule has 0 bridgehead atoms. The summed E-state index contributed by atoms with van der Waals surface area (Å²) in [7, 11) is 0. The fourth-order valence-corrected chi connectivity index (χ4v) is 0.280. The van der Waals surface area contributed by atoms with Gasteiger partial charge in [-0.1, -0.05) is 0 Å². The van der Waals surface area contributed by atoms with Crippen LogP contribution < -0.4 is 11.5 Å². The monoisotopic (exact) mass is 134 g/mol. The van der Waals surface area contributed by atoms with Gasteiger partial charge in [0, 0.05) is 0 Å². The van der Waals surface area contributed by atoms with Crippen molar-refractivity contribution in [2.75, 3.05) is 13.2 Å². The fraction of sp³-hybridized carbons (Fsp3) is 0.750. The van der Waals surface area contributed by atoms with Crippen molar-refractivity contribution in [3.8, 4) is 0 Å². The topological polar surface area (TPSA) is 98.6 Å². The van der Waals surface area contributed by atoms with Crippen LogP contribution in [0.1, 0.15) is 0 Å². The minimum absolute atomic E-state index is 0.0665. The number of carbonyl (C=O) groups is 1. The lowest BCUT2D eigenvalue weighted by Gasteiger charge is -2.02. The number of ether oxygens (including phenoxy) is 1. The summed E-state index contributed by atoms with van der Waals surface area (Å²) < 4.78 is 4.51. The van der Waals surface area contributed by atoms with Crippen molar-refractivity contribution in [1.82, 2.24) is 0 Å². The minimum atomic E-state index is -1.04. The number of nitrogens with two attached hydrogens (primary N) is 2. The Labute approximate surface area is 52.6 Å². The first-order valence-corrected chi connectivity index (χ1v) is 2.42. The zero-order valence-electron chi connectivity index (χ0n) is 4.91. The lowest BCUT2D eigenvalue weighted by molar-refractivity contribution is -0.123. The van der Waals surface area contributed by atoms with Crippen LogP contribution in [0.25, 0.3) is 0 Å². The van der Waals surface area contributed by atoms with Crippen LogP contribution in [0.4, 0.5) is 0 Å². The summed E-state index contributed by atoms with van der Waals surface area (Å²) in [5.41, 5.74) is 9.55. The van der Waals surface area contributed by atoms with Gasteiger partial charge in [0.05, 0.1) is 6.61 Å². The number of rotatable bonds is 4. The molecule has 5 heteroatoms. The number of aliphatic hydroxyl groups excluding tert-OH is 1. The molecule has 54 valence electrons. The first kappa shape index (κ1) is 8.35. The number of hydrogen-bond acceptors (Lipinski definition) is 4. The van der Waals surface area contributed by atoms with Gasteiger partial charge in [-0.3, -0.25) is 4.79 Å². The molecule has 9 heavy (non-hydrogen) atoms. The third-order valence-electron chi connectivity index (χ3n) is 0.533. The van der Waals surface area contributed by atoms with Crippen molar-refractivity contribution in [2.24, 2.45) is 11.5 Å². The van der Waals surface area contributed by atoms with Gasteiger partial charge >= 0.3 is 0 Å². The molecule has 1 unspecified atom stereocenters. The molecule has 0 fully saturated rings. The molecule has 0 saturated carbocycles. The maximum Gasteiger partial charge on any atom is 0.243 e. The van der Waals surface area contributed by atoms with E-state index in [0.29, 0.717) is 0 Å². The predicted molar refractivity (Wildman–Crippen MR) is 30.2 cm³/mol. The highest BCUT2D eigenvalue weighted by Gasteiger charge is 1.96. The first-order chi connectivity index (χ1) is 4.13. The molecule has 5 N–H and O–H groups in total. The molecule has 0 aromatic carbocycles. The van der Waals surface area contributed by atoms with Gasteiger partial charge in [0.15, 0.2) is 0 Å². The maximum absolute atomic E-state index is 9.96. The van der Waals surface area contributed by atoms with E-state index in [2.05, 4.69) is 4.74 Å². The summed E-state index contributed by atoms with van der Waals surface area (Å²) in [6.07, 6.45) is -1.04. The summed E-state index contributed by atoms with van der Waals surface area (Å²) in [4.78, 5) is 9.96. The normalized spacial score (nSPS) is 13.1. The molecule has 1 amide bonds. The van der Waals surface area contributed by atoms with Gasteiger partial charge in [0.1, 0.15) is 12.8 Å². The van der Waals surface area contributed by atoms with Crippen molar-refractivity contribution in [3.63, 3.8) is 0 Å². The number of aliphatic hydroxyl groups is 1. The molecular weight excluding hydrogens is 124 g/mol. The molecule has 0 radical (unpaired) electrons. The van der Waals surface area contributed by atoms with E-state index < -0.39 is 12.1 Å². The highest BCUT2D eigenvalue weighted by molar-refractivity contribution is 5.74. The van der Waals surface area contributed by atoms with Gasteiger partial charge in [-0.2, -0.15) is 0 Å². The van der Waals surface area contributed by atoms with E-state index in [9.17, 15) is 4.79 Å². The Hall–Kier alpha value is -0.650. The van der Waals surface area contributed by atoms with Gasteiger partial charge in [0.2, 0.25) is 5.91 Å². The second-order valence-electron chi connectivity index (χ2n) is 1.55. The molecule has 0 saturated heterocycles. The van der Waals surface area contributed by atoms with E-state index in [1.807, 2.05) is 0 Å². The molecule has 0 aliphatic heterocycles. The standard InChI is InChI=1S/C4H10N2O3/c5-3(7)1-9-2-4(6)8/h3,7H,1-2,5H2,(H2,6,8). The lowest BCUT2D eigenvalue weighted by Crippen LogP contribution is -2.28. The Morgan fingerprint density at radius 1 is 1.78 bits per heavy atom. The average Bonchev–Trinajstić information content (AvgIpc) is 1.63. The van der Waals surface area contributed by atoms with Gasteiger partial charge in [-0.05, 0) is 0 Å². The SMILES string of the molecule is NC(=O)COCC(N)O. The van der Waals surface area contributed by atoms with Gasteiger partial charge in [-0.15, -0.1) is 0 Å². The molecule has 0 aliphatic carbocycles. The Morgan fingerprint density at radius 3 is 2.67 bits per heavy atom. The second-order valence-corrected chi connectivity index (χ2v) is 1.55. The predicted octanol–water partition coefficient (Wildman–Crippen LogP) is -2.23. The Morgan fingerprint density at radius 2 is 2.33 bits per heavy atom. The van der Waals surface area contributed by atoms with Crippen LogP contribution in [0.2, 0.25) is 0 Å². The zero-order chi connectivity index (χ0) is 7.28. The molecule has 1 atom stereocenters. The molecule has 0 rings (SSSR count). The minimum Gasteiger partial charge on any atom is -0.376 e. The first-order valence-electron chi connectivity index (χ1n) is 2.42. The van der Waals surface area contributed by atoms with E-state index in [-0.39, 0.29) is 13.2 Å². The van der Waals surface area contributed by atoms with E-state index in [1.54, 1.807) is 0 Å². The van der Waals surface area contributed by atoms with E-state index in [0.717, 1.165) is 0 Å². The third-order valence-corrected chi connectivity index (χ3v) is 0.533. The number of primary amides is 1. The van der Waals surface area contributed by atoms with E-state index in [1.165, 1.54) is 0 Å². The molecule has 0 aliphatic rings. The molecule has 0 spiro atoms. The average molecular weight is 134 g/mol. The van der Waals surface area contributed by atoms with Crippen molar-refractivity contribution in [2.45, 2.75) is 6.23 Å². The Bertz CT molecular complexity index is 93.8. The van der Waals surface area contributed by atoms with Crippen molar-refractivity contribution < 1.29 is 14.6 Å². The van der Waals surface area contributed by atoms with Crippen LogP contribution in [0, 0.1) is 0 Å². The molecule has 0 aromatic rings. The summed E-state index contributed by atoms with van der Waals surface area (Å²) in [5, 5.41) is 8.37. The van der Waals surface area contributed by atoms with Crippen LogP contribution >= 0.6 is 0 Å². The Balaban J connectivity index is 3.01. The van der Waals surface area contributed by atoms with Gasteiger partial charge in [-0.25, -0.2) is 0 Å². The van der Waals surface area contributed by atoms with Crippen LogP contribution in [0.15, 0.2) is 0 Å². The smallest absolute Gasteiger partial charge is 0.243 e. The molecule has 5 nitrogen and oxygen atoms in total. The highest BCUT2D eigenvalue weighted by atomic mass is 16.5. The van der Waals surface area contributed by atoms with Crippen LogP contribution in [-0.2, 0) is 9.53 Å². The zero-order valence-corrected chi connectivity index (χ0v) is 4.91. The quantitative estimate of drug-likeness (QED) is 0.379. The molecule has 0 heterocycles. The highest BCUT2D eigenvalue weighted by Crippen LogP contribution is 1.74. The molecular formula is C4H10N2O3. The van der Waals surface area contributed by atoms with Crippen LogP contribution in [0.3, 0.4) is 0 Å². The summed E-state index contributed by atoms with van der Waals surface area (Å²) in [6, 6.07) is 0. The molecule has 0 aromatic heterocycles. The number of hydrogen-bond donors (Lipinski definition) is 3. The van der Waals surface area contributed by atoms with Crippen LogP contribution in [0.5, 0.6) is 0 Å². The van der Waals surface area contributed by atoms with E-state index in [4.69, 9.17) is 16.6 Å². The number of carbonyl (C=O) groups excluding carboxylic acids is 1. The third kappa shape index (κ3) is 7.35.